The lowest BCUT2D eigenvalue weighted by molar-refractivity contribution is -0.148. The molecular weight excluding hydrogens is 594 g/mol. The van der Waals surface area contributed by atoms with Crippen LogP contribution in [0.3, 0.4) is 0 Å². The number of cyclic esters (lactones) is 1. The van der Waals surface area contributed by atoms with Crippen molar-refractivity contribution in [1.29, 1.82) is 0 Å². The van der Waals surface area contributed by atoms with Crippen molar-refractivity contribution in [3.8, 4) is 0 Å². The van der Waals surface area contributed by atoms with Gasteiger partial charge in [-0.15, -0.1) is 0 Å². The highest BCUT2D eigenvalue weighted by molar-refractivity contribution is 9.11. The third-order valence-corrected chi connectivity index (χ3v) is 9.01. The van der Waals surface area contributed by atoms with Crippen molar-refractivity contribution in [2.45, 2.75) is 56.4 Å². The number of hydrogen-bond donors (Lipinski definition) is 2. The number of halogens is 1. The third-order valence-electron chi connectivity index (χ3n) is 8.33. The Balaban J connectivity index is 1.56. The molecule has 1 aromatic rings. The Morgan fingerprint density at radius 3 is 2.61 bits per heavy atom. The molecule has 11 heteroatoms. The molecule has 220 valence electrons. The zero-order valence-corrected chi connectivity index (χ0v) is 24.6. The Morgan fingerprint density at radius 1 is 1.10 bits per heavy atom. The quantitative estimate of drug-likeness (QED) is 0.365. The minimum atomic E-state index is -1.36. The highest BCUT2D eigenvalue weighted by Crippen LogP contribution is 2.58. The second kappa shape index (κ2) is 12.5. The summed E-state index contributed by atoms with van der Waals surface area (Å²) in [5.41, 5.74) is -0.606. The molecule has 4 aliphatic heterocycles. The zero-order valence-electron chi connectivity index (χ0n) is 23.0. The van der Waals surface area contributed by atoms with Gasteiger partial charge in [-0.05, 0) is 24.5 Å². The fourth-order valence-corrected chi connectivity index (χ4v) is 7.14. The molecule has 6 atom stereocenters. The number of ether oxygens (including phenoxy) is 2. The number of fused-ring (bicyclic) bond motifs is 2. The number of rotatable bonds is 6. The van der Waals surface area contributed by atoms with Gasteiger partial charge in [0.15, 0.2) is 0 Å². The average molecular weight is 631 g/mol. The number of aliphatic hydroxyl groups excluding tert-OH is 1. The van der Waals surface area contributed by atoms with Crippen LogP contribution in [0.1, 0.15) is 44.2 Å². The molecule has 2 fully saturated rings. The van der Waals surface area contributed by atoms with Crippen LogP contribution < -0.4 is 5.32 Å². The van der Waals surface area contributed by atoms with Crippen LogP contribution in [0.5, 0.6) is 0 Å². The lowest BCUT2D eigenvalue weighted by Crippen LogP contribution is -2.56. The van der Waals surface area contributed by atoms with Crippen LogP contribution in [0.25, 0.3) is 0 Å². The van der Waals surface area contributed by atoms with Crippen molar-refractivity contribution >= 4 is 39.6 Å². The van der Waals surface area contributed by atoms with E-state index in [4.69, 9.17) is 9.47 Å². The number of nitrogens with one attached hydrogen (secondary N) is 1. The highest BCUT2D eigenvalue weighted by Gasteiger charge is 2.74. The van der Waals surface area contributed by atoms with Gasteiger partial charge in [0.05, 0.1) is 24.5 Å². The summed E-state index contributed by atoms with van der Waals surface area (Å²) >= 11 is 3.55. The third kappa shape index (κ3) is 5.47. The molecule has 4 aliphatic rings. The molecule has 4 heterocycles. The van der Waals surface area contributed by atoms with Crippen molar-refractivity contribution in [2.24, 2.45) is 11.8 Å². The van der Waals surface area contributed by atoms with Crippen LogP contribution in [0, 0.1) is 11.8 Å². The maximum atomic E-state index is 14.3. The van der Waals surface area contributed by atoms with Crippen LogP contribution >= 0.6 is 15.9 Å². The summed E-state index contributed by atoms with van der Waals surface area (Å²) in [6, 6.07) is 7.51. The average Bonchev–Trinajstić information content (AvgIpc) is 3.55. The SMILES string of the molecule is CCCCN1C/C=C\CCC(=O)OC[C@@H](c2ccccc2)NC(=O)[C@@H]2[C@H]3O[C@@]4(C=C3Br)[C@H](C1=O)N(CCO)C(=O)[C@@H]24. The van der Waals surface area contributed by atoms with Crippen LogP contribution in [0.4, 0.5) is 0 Å². The number of nitrogens with zero attached hydrogens (tertiary/aromatic N) is 2. The molecule has 1 spiro atoms. The van der Waals surface area contributed by atoms with Crippen LogP contribution in [-0.4, -0.2) is 89.2 Å². The van der Waals surface area contributed by atoms with Crippen molar-refractivity contribution in [3.63, 3.8) is 0 Å². The number of likely N-dealkylation sites (tertiary alicyclic amines) is 1. The number of unbranched alkanes of at least 4 members (excludes halogenated alkanes) is 1. The van der Waals surface area contributed by atoms with E-state index in [1.165, 1.54) is 4.90 Å². The van der Waals surface area contributed by atoms with E-state index in [9.17, 15) is 24.3 Å². The summed E-state index contributed by atoms with van der Waals surface area (Å²) in [6.07, 6.45) is 6.93. The van der Waals surface area contributed by atoms with Gasteiger partial charge in [-0.25, -0.2) is 0 Å². The standard InChI is InChI=1S/C30H36BrN3O7/c1-2-3-13-33-14-9-5-8-12-22(36)40-18-21(19-10-6-4-7-11-19)32-27(37)23-24-28(38)34(15-16-35)26(29(33)39)30(24)17-20(31)25(23)41-30/h4-7,9-11,17,21,23-26,35H,2-3,8,12-16,18H2,1H3,(H,32,37)/b9-5-/t21-,23-,24+,25-,26-,30+/m0/s1. The molecule has 10 nitrogen and oxygen atoms in total. The van der Waals surface area contributed by atoms with Gasteiger partial charge in [0.2, 0.25) is 17.7 Å². The minimum absolute atomic E-state index is 0.0542. The number of benzene rings is 1. The van der Waals surface area contributed by atoms with E-state index in [0.29, 0.717) is 24.0 Å². The molecule has 5 bridgehead atoms. The van der Waals surface area contributed by atoms with Gasteiger partial charge in [-0.3, -0.25) is 19.2 Å². The topological polar surface area (TPSA) is 125 Å². The number of carbonyl (C=O) groups excluding carboxylic acids is 4. The molecule has 3 amide bonds. The molecule has 0 saturated carbocycles. The van der Waals surface area contributed by atoms with Crippen molar-refractivity contribution in [2.75, 3.05) is 32.8 Å². The lowest BCUT2D eigenvalue weighted by Gasteiger charge is -2.35. The maximum absolute atomic E-state index is 14.3. The van der Waals surface area contributed by atoms with E-state index < -0.39 is 53.4 Å². The van der Waals surface area contributed by atoms with Crippen molar-refractivity contribution < 1.29 is 33.8 Å². The maximum Gasteiger partial charge on any atom is 0.306 e. The van der Waals surface area contributed by atoms with Crippen molar-refractivity contribution in [1.82, 2.24) is 15.1 Å². The van der Waals surface area contributed by atoms with E-state index in [1.807, 2.05) is 49.4 Å². The number of amides is 3. The van der Waals surface area contributed by atoms with E-state index in [-0.39, 0.29) is 32.1 Å². The van der Waals surface area contributed by atoms with Gasteiger partial charge in [0.1, 0.15) is 24.4 Å². The fraction of sp³-hybridized carbons (Fsp3) is 0.533. The summed E-state index contributed by atoms with van der Waals surface area (Å²) in [5, 5.41) is 12.9. The molecule has 0 aromatic heterocycles. The fourth-order valence-electron chi connectivity index (χ4n) is 6.40. The van der Waals surface area contributed by atoms with Gasteiger partial charge in [0, 0.05) is 30.5 Å². The smallest absolute Gasteiger partial charge is 0.306 e. The first kappa shape index (κ1) is 29.5. The normalized spacial score (nSPS) is 33.0. The Hall–Kier alpha value is -3.02. The molecule has 0 aliphatic carbocycles. The molecular formula is C30H36BrN3O7. The molecule has 5 rings (SSSR count). The summed E-state index contributed by atoms with van der Waals surface area (Å²) in [5.74, 6) is -3.40. The molecule has 2 saturated heterocycles. The van der Waals surface area contributed by atoms with E-state index >= 15 is 0 Å². The van der Waals surface area contributed by atoms with Crippen molar-refractivity contribution in [3.05, 3.63) is 58.6 Å². The number of aliphatic hydroxyl groups is 1. The highest BCUT2D eigenvalue weighted by atomic mass is 79.9. The van der Waals surface area contributed by atoms with Gasteiger partial charge in [0.25, 0.3) is 0 Å². The Morgan fingerprint density at radius 2 is 1.88 bits per heavy atom. The molecule has 0 radical (unpaired) electrons. The zero-order chi connectivity index (χ0) is 29.1. The molecule has 0 unspecified atom stereocenters. The number of carbonyl (C=O) groups is 4. The monoisotopic (exact) mass is 629 g/mol. The number of esters is 1. The minimum Gasteiger partial charge on any atom is -0.463 e. The van der Waals surface area contributed by atoms with E-state index in [1.54, 1.807) is 11.0 Å². The van der Waals surface area contributed by atoms with E-state index in [0.717, 1.165) is 18.4 Å². The summed E-state index contributed by atoms with van der Waals surface area (Å²) in [4.78, 5) is 57.8. The van der Waals surface area contributed by atoms with Crippen LogP contribution in [0.2, 0.25) is 0 Å². The van der Waals surface area contributed by atoms with Gasteiger partial charge in [-0.2, -0.15) is 0 Å². The molecule has 41 heavy (non-hydrogen) atoms. The lowest BCUT2D eigenvalue weighted by atomic mass is 9.74. The Labute approximate surface area is 247 Å². The number of allylic oxidation sites excluding steroid dienone is 1. The summed E-state index contributed by atoms with van der Waals surface area (Å²) < 4.78 is 12.6. The van der Waals surface area contributed by atoms with Crippen LogP contribution in [0.15, 0.2) is 53.0 Å². The predicted octanol–water partition coefficient (Wildman–Crippen LogP) is 2.23. The molecule has 2 N–H and O–H groups in total. The molecule has 1 aromatic carbocycles. The predicted molar refractivity (Wildman–Crippen MR) is 152 cm³/mol. The Bertz CT molecular complexity index is 1240. The van der Waals surface area contributed by atoms with E-state index in [2.05, 4.69) is 21.2 Å². The second-order valence-corrected chi connectivity index (χ2v) is 11.8. The first-order valence-electron chi connectivity index (χ1n) is 14.2. The first-order chi connectivity index (χ1) is 19.8. The summed E-state index contributed by atoms with van der Waals surface area (Å²) in [7, 11) is 0. The number of β-amino-alcohol motifs (C(OH)–C–C–N with tert-alkyl or cyclic N) is 1. The largest absolute Gasteiger partial charge is 0.463 e. The first-order valence-corrected chi connectivity index (χ1v) is 15.0. The number of hydrogen-bond acceptors (Lipinski definition) is 7. The van der Waals surface area contributed by atoms with Gasteiger partial charge in [-0.1, -0.05) is 71.8 Å². The van der Waals surface area contributed by atoms with Gasteiger partial charge < -0.3 is 29.7 Å². The van der Waals surface area contributed by atoms with Gasteiger partial charge >= 0.3 is 5.97 Å². The Kier molecular flexibility index (Phi) is 8.96. The van der Waals surface area contributed by atoms with Crippen LogP contribution in [-0.2, 0) is 28.7 Å². The summed E-state index contributed by atoms with van der Waals surface area (Å²) in [6.45, 7) is 2.34. The second-order valence-electron chi connectivity index (χ2n) is 10.9.